The van der Waals surface area contributed by atoms with E-state index in [1.807, 2.05) is 32.0 Å². The first-order chi connectivity index (χ1) is 14.9. The number of anilines is 3. The standard InChI is InChI=1S/C21H23ClN4O4S/c1-4-13(14-8-6-7-11-23-14)24-16-17(20(29)19(16)28)25-15-10-9-12(22)21(18(15)27)31-26(5-2)30-3/h6-11,13,24-25,27H,4-5H2,1-3H3/t13-/m1/s1. The topological polar surface area (TPSA) is 104 Å². The summed E-state index contributed by atoms with van der Waals surface area (Å²) in [5.74, 6) is -0.149. The first-order valence-corrected chi connectivity index (χ1v) is 10.8. The normalized spacial score (nSPS) is 12.3. The highest BCUT2D eigenvalue weighted by molar-refractivity contribution is 7.97. The van der Waals surface area contributed by atoms with Crippen LogP contribution in [0, 0.1) is 0 Å². The van der Waals surface area contributed by atoms with Crippen molar-refractivity contribution in [1.82, 2.24) is 9.45 Å². The van der Waals surface area contributed by atoms with E-state index in [-0.39, 0.29) is 28.9 Å². The molecule has 0 spiro atoms. The van der Waals surface area contributed by atoms with Crippen LogP contribution in [0.2, 0.25) is 5.02 Å². The number of nitrogens with one attached hydrogen (secondary N) is 2. The lowest BCUT2D eigenvalue weighted by molar-refractivity contribution is -0.0333. The van der Waals surface area contributed by atoms with Gasteiger partial charge in [-0.3, -0.25) is 19.4 Å². The van der Waals surface area contributed by atoms with Gasteiger partial charge in [-0.2, -0.15) is 0 Å². The average Bonchev–Trinajstić information content (AvgIpc) is 2.80. The minimum Gasteiger partial charge on any atom is -0.505 e. The van der Waals surface area contributed by atoms with E-state index in [0.29, 0.717) is 22.9 Å². The zero-order valence-corrected chi connectivity index (χ0v) is 18.9. The smallest absolute Gasteiger partial charge is 0.253 e. The number of aromatic hydroxyl groups is 1. The molecule has 0 bridgehead atoms. The van der Waals surface area contributed by atoms with Gasteiger partial charge in [0.1, 0.15) is 11.4 Å². The summed E-state index contributed by atoms with van der Waals surface area (Å²) in [7, 11) is 1.51. The molecule has 0 aliphatic rings. The lowest BCUT2D eigenvalue weighted by Crippen LogP contribution is -2.37. The molecule has 0 saturated heterocycles. The fourth-order valence-corrected chi connectivity index (χ4v) is 4.01. The van der Waals surface area contributed by atoms with Crippen molar-refractivity contribution in [2.45, 2.75) is 31.2 Å². The number of phenols is 1. The zero-order valence-electron chi connectivity index (χ0n) is 17.3. The van der Waals surface area contributed by atoms with Crippen LogP contribution in [-0.2, 0) is 4.84 Å². The third-order valence-corrected chi connectivity index (χ3v) is 6.31. The first-order valence-electron chi connectivity index (χ1n) is 9.70. The van der Waals surface area contributed by atoms with Gasteiger partial charge in [-0.05, 0) is 49.6 Å². The molecule has 1 aromatic heterocycles. The Balaban J connectivity index is 1.89. The van der Waals surface area contributed by atoms with Crippen molar-refractivity contribution in [2.24, 2.45) is 0 Å². The van der Waals surface area contributed by atoms with E-state index in [1.54, 1.807) is 18.3 Å². The molecule has 164 valence electrons. The molecule has 3 aromatic rings. The van der Waals surface area contributed by atoms with Gasteiger partial charge < -0.3 is 15.7 Å². The Morgan fingerprint density at radius 3 is 2.55 bits per heavy atom. The molecule has 3 N–H and O–H groups in total. The van der Waals surface area contributed by atoms with E-state index < -0.39 is 10.9 Å². The van der Waals surface area contributed by atoms with Crippen molar-refractivity contribution in [3.63, 3.8) is 0 Å². The second-order valence-corrected chi connectivity index (χ2v) is 7.99. The fourth-order valence-electron chi connectivity index (χ4n) is 2.99. The number of aromatic nitrogens is 1. The van der Waals surface area contributed by atoms with E-state index in [2.05, 4.69) is 15.6 Å². The van der Waals surface area contributed by atoms with Crippen molar-refractivity contribution in [2.75, 3.05) is 24.3 Å². The molecule has 31 heavy (non-hydrogen) atoms. The molecule has 10 heteroatoms. The molecule has 0 fully saturated rings. The Bertz CT molecular complexity index is 1110. The zero-order chi connectivity index (χ0) is 22.5. The monoisotopic (exact) mass is 462 g/mol. The number of pyridine rings is 1. The third kappa shape index (κ3) is 4.85. The van der Waals surface area contributed by atoms with Crippen LogP contribution in [0.15, 0.2) is 51.0 Å². The van der Waals surface area contributed by atoms with Gasteiger partial charge >= 0.3 is 0 Å². The summed E-state index contributed by atoms with van der Waals surface area (Å²) >= 11 is 7.36. The molecule has 1 atom stereocenters. The molecule has 0 radical (unpaired) electrons. The fraction of sp³-hybridized carbons (Fsp3) is 0.286. The number of halogens is 1. The molecule has 0 amide bonds. The molecule has 0 aliphatic heterocycles. The molecular weight excluding hydrogens is 440 g/mol. The molecular formula is C21H23ClN4O4S. The maximum Gasteiger partial charge on any atom is 0.253 e. The van der Waals surface area contributed by atoms with Gasteiger partial charge in [0, 0.05) is 12.7 Å². The van der Waals surface area contributed by atoms with E-state index in [4.69, 9.17) is 16.4 Å². The van der Waals surface area contributed by atoms with Crippen LogP contribution in [0.5, 0.6) is 5.75 Å². The lowest BCUT2D eigenvalue weighted by atomic mass is 10.1. The average molecular weight is 463 g/mol. The summed E-state index contributed by atoms with van der Waals surface area (Å²) in [6.45, 7) is 4.39. The Hall–Kier alpha value is -2.59. The van der Waals surface area contributed by atoms with Crippen LogP contribution < -0.4 is 21.5 Å². The molecule has 8 nitrogen and oxygen atoms in total. The van der Waals surface area contributed by atoms with Crippen LogP contribution in [-0.4, -0.2) is 28.2 Å². The predicted octanol–water partition coefficient (Wildman–Crippen LogP) is 4.23. The SMILES string of the molecule is CC[C@@H](Nc1c(Nc2ccc(Cl)c(SN(CC)OC)c2O)c(=O)c1=O)c1ccccn1. The number of nitrogens with zero attached hydrogens (tertiary/aromatic N) is 2. The minimum atomic E-state index is -0.658. The van der Waals surface area contributed by atoms with Gasteiger partial charge in [0.15, 0.2) is 5.75 Å². The first kappa shape index (κ1) is 23.1. The number of rotatable bonds is 10. The van der Waals surface area contributed by atoms with Crippen molar-refractivity contribution in [3.05, 3.63) is 67.7 Å². The number of hydroxylamine groups is 1. The Morgan fingerprint density at radius 2 is 1.94 bits per heavy atom. The number of benzene rings is 1. The molecule has 3 rings (SSSR count). The number of hydrogen-bond donors (Lipinski definition) is 3. The third-order valence-electron chi connectivity index (χ3n) is 4.68. The number of phenolic OH excluding ortho intramolecular Hbond substituents is 1. The van der Waals surface area contributed by atoms with Crippen LogP contribution in [0.1, 0.15) is 32.0 Å². The maximum absolute atomic E-state index is 12.2. The van der Waals surface area contributed by atoms with E-state index in [0.717, 1.165) is 17.6 Å². The van der Waals surface area contributed by atoms with Gasteiger partial charge in [-0.25, -0.2) is 0 Å². The largest absolute Gasteiger partial charge is 0.505 e. The van der Waals surface area contributed by atoms with Crippen LogP contribution >= 0.6 is 23.5 Å². The van der Waals surface area contributed by atoms with E-state index >= 15 is 0 Å². The van der Waals surface area contributed by atoms with Crippen molar-refractivity contribution in [3.8, 4) is 5.75 Å². The predicted molar refractivity (Wildman–Crippen MR) is 124 cm³/mol. The van der Waals surface area contributed by atoms with Gasteiger partial charge in [0.2, 0.25) is 0 Å². The summed E-state index contributed by atoms with van der Waals surface area (Å²) in [4.78, 5) is 34.4. The van der Waals surface area contributed by atoms with Crippen molar-refractivity contribution >= 4 is 40.6 Å². The molecule has 0 saturated carbocycles. The quantitative estimate of drug-likeness (QED) is 0.176. The van der Waals surface area contributed by atoms with E-state index in [9.17, 15) is 14.7 Å². The van der Waals surface area contributed by atoms with Crippen LogP contribution in [0.3, 0.4) is 0 Å². The molecule has 1 heterocycles. The van der Waals surface area contributed by atoms with Crippen molar-refractivity contribution in [1.29, 1.82) is 0 Å². The minimum absolute atomic E-state index is 0.0899. The highest BCUT2D eigenvalue weighted by Gasteiger charge is 2.26. The molecule has 0 aliphatic carbocycles. The molecule has 2 aromatic carbocycles. The summed E-state index contributed by atoms with van der Waals surface area (Å²) < 4.78 is 1.54. The summed E-state index contributed by atoms with van der Waals surface area (Å²) in [5.41, 5.74) is -0.00742. The molecule has 0 unspecified atom stereocenters. The van der Waals surface area contributed by atoms with E-state index in [1.165, 1.54) is 11.6 Å². The van der Waals surface area contributed by atoms with Crippen LogP contribution in [0.25, 0.3) is 0 Å². The second-order valence-electron chi connectivity index (χ2n) is 6.59. The van der Waals surface area contributed by atoms with Crippen LogP contribution in [0.4, 0.5) is 17.1 Å². The maximum atomic E-state index is 12.2. The summed E-state index contributed by atoms with van der Waals surface area (Å²) in [5, 5.41) is 17.0. The lowest BCUT2D eigenvalue weighted by Gasteiger charge is -2.22. The summed E-state index contributed by atoms with van der Waals surface area (Å²) in [6.07, 6.45) is 2.33. The van der Waals surface area contributed by atoms with Gasteiger partial charge in [-0.15, -0.1) is 4.47 Å². The summed E-state index contributed by atoms with van der Waals surface area (Å²) in [6, 6.07) is 8.41. The van der Waals surface area contributed by atoms with Gasteiger partial charge in [0.25, 0.3) is 10.9 Å². The Kier molecular flexibility index (Phi) is 7.55. The van der Waals surface area contributed by atoms with Gasteiger partial charge in [0.05, 0.1) is 34.5 Å². The van der Waals surface area contributed by atoms with Gasteiger partial charge in [-0.1, -0.05) is 24.6 Å². The second kappa shape index (κ2) is 10.1. The Labute approximate surface area is 189 Å². The highest BCUT2D eigenvalue weighted by atomic mass is 35.5. The van der Waals surface area contributed by atoms with Crippen molar-refractivity contribution < 1.29 is 9.94 Å². The highest BCUT2D eigenvalue weighted by Crippen LogP contribution is 2.43. The Morgan fingerprint density at radius 1 is 1.19 bits per heavy atom. The number of hydrogen-bond acceptors (Lipinski definition) is 9.